The highest BCUT2D eigenvalue weighted by Crippen LogP contribution is 2.36. The zero-order chi connectivity index (χ0) is 11.8. The second-order valence-electron chi connectivity index (χ2n) is 6.21. The predicted molar refractivity (Wildman–Crippen MR) is 64.9 cm³/mol. The van der Waals surface area contributed by atoms with Crippen LogP contribution in [0.15, 0.2) is 0 Å². The van der Waals surface area contributed by atoms with Crippen molar-refractivity contribution in [3.63, 3.8) is 0 Å². The van der Waals surface area contributed by atoms with Crippen molar-refractivity contribution in [2.45, 2.75) is 39.5 Å². The van der Waals surface area contributed by atoms with E-state index in [4.69, 9.17) is 5.73 Å². The van der Waals surface area contributed by atoms with Crippen molar-refractivity contribution in [2.75, 3.05) is 19.6 Å². The molecule has 1 saturated carbocycles. The Morgan fingerprint density at radius 2 is 2.19 bits per heavy atom. The van der Waals surface area contributed by atoms with Gasteiger partial charge in [0.2, 0.25) is 5.91 Å². The Labute approximate surface area is 98.4 Å². The van der Waals surface area contributed by atoms with Crippen molar-refractivity contribution in [1.82, 2.24) is 4.90 Å². The van der Waals surface area contributed by atoms with Gasteiger partial charge in [-0.2, -0.15) is 0 Å². The molecule has 1 saturated heterocycles. The average molecular weight is 224 g/mol. The molecule has 2 rings (SSSR count). The molecule has 1 aliphatic heterocycles. The SMILES string of the molecule is CC1(C)CCN(C(=O)[C@@H]2CCC[C@@H]2CN)C1. The summed E-state index contributed by atoms with van der Waals surface area (Å²) in [6.07, 6.45) is 4.51. The van der Waals surface area contributed by atoms with Crippen LogP contribution in [0.2, 0.25) is 0 Å². The molecule has 2 aliphatic rings. The number of nitrogens with zero attached hydrogens (tertiary/aromatic N) is 1. The maximum atomic E-state index is 12.4. The van der Waals surface area contributed by atoms with Crippen molar-refractivity contribution >= 4 is 5.91 Å². The minimum absolute atomic E-state index is 0.221. The molecule has 0 spiro atoms. The van der Waals surface area contributed by atoms with E-state index < -0.39 is 0 Å². The first kappa shape index (κ1) is 11.9. The summed E-state index contributed by atoms with van der Waals surface area (Å²) >= 11 is 0. The summed E-state index contributed by atoms with van der Waals surface area (Å²) in [6, 6.07) is 0. The fraction of sp³-hybridized carbons (Fsp3) is 0.923. The first-order valence-corrected chi connectivity index (χ1v) is 6.52. The summed E-state index contributed by atoms with van der Waals surface area (Å²) in [5.74, 6) is 1.04. The van der Waals surface area contributed by atoms with Crippen LogP contribution in [0.3, 0.4) is 0 Å². The van der Waals surface area contributed by atoms with Crippen molar-refractivity contribution in [1.29, 1.82) is 0 Å². The van der Waals surface area contributed by atoms with Gasteiger partial charge >= 0.3 is 0 Å². The third-order valence-electron chi connectivity index (χ3n) is 4.27. The molecule has 0 bridgehead atoms. The van der Waals surface area contributed by atoms with Gasteiger partial charge in [0.15, 0.2) is 0 Å². The summed E-state index contributed by atoms with van der Waals surface area (Å²) in [5, 5.41) is 0. The molecule has 0 radical (unpaired) electrons. The lowest BCUT2D eigenvalue weighted by Crippen LogP contribution is -2.38. The highest BCUT2D eigenvalue weighted by molar-refractivity contribution is 5.79. The van der Waals surface area contributed by atoms with Crippen LogP contribution in [0.1, 0.15) is 39.5 Å². The van der Waals surface area contributed by atoms with Gasteiger partial charge < -0.3 is 10.6 Å². The smallest absolute Gasteiger partial charge is 0.226 e. The van der Waals surface area contributed by atoms with E-state index in [1.165, 1.54) is 6.42 Å². The van der Waals surface area contributed by atoms with E-state index in [-0.39, 0.29) is 5.92 Å². The number of carbonyl (C=O) groups excluding carboxylic acids is 1. The molecule has 2 N–H and O–H groups in total. The number of rotatable bonds is 2. The van der Waals surface area contributed by atoms with E-state index in [1.54, 1.807) is 0 Å². The van der Waals surface area contributed by atoms with E-state index in [0.29, 0.717) is 23.8 Å². The van der Waals surface area contributed by atoms with E-state index in [9.17, 15) is 4.79 Å². The third-order valence-corrected chi connectivity index (χ3v) is 4.27. The molecule has 16 heavy (non-hydrogen) atoms. The number of hydrogen-bond donors (Lipinski definition) is 1. The fourth-order valence-corrected chi connectivity index (χ4v) is 3.18. The quantitative estimate of drug-likeness (QED) is 0.774. The normalized spacial score (nSPS) is 33.3. The molecular weight excluding hydrogens is 200 g/mol. The molecule has 0 aromatic heterocycles. The van der Waals surface area contributed by atoms with Crippen molar-refractivity contribution in [2.24, 2.45) is 23.0 Å². The molecular formula is C13H24N2O. The topological polar surface area (TPSA) is 46.3 Å². The van der Waals surface area contributed by atoms with Gasteiger partial charge in [0, 0.05) is 19.0 Å². The summed E-state index contributed by atoms with van der Waals surface area (Å²) in [4.78, 5) is 14.4. The number of nitrogens with two attached hydrogens (primary N) is 1. The summed E-state index contributed by atoms with van der Waals surface area (Å²) in [5.41, 5.74) is 6.06. The van der Waals surface area contributed by atoms with Crippen molar-refractivity contribution < 1.29 is 4.79 Å². The molecule has 2 fully saturated rings. The van der Waals surface area contributed by atoms with Crippen LogP contribution in [0, 0.1) is 17.3 Å². The van der Waals surface area contributed by atoms with Crippen LogP contribution >= 0.6 is 0 Å². The van der Waals surface area contributed by atoms with Crippen LogP contribution in [0.25, 0.3) is 0 Å². The summed E-state index contributed by atoms with van der Waals surface area (Å²) < 4.78 is 0. The van der Waals surface area contributed by atoms with Gasteiger partial charge in [0.05, 0.1) is 0 Å². The van der Waals surface area contributed by atoms with Crippen LogP contribution < -0.4 is 5.73 Å². The third kappa shape index (κ3) is 2.24. The van der Waals surface area contributed by atoms with Crippen LogP contribution in [-0.4, -0.2) is 30.4 Å². The van der Waals surface area contributed by atoms with E-state index in [1.807, 2.05) is 0 Å². The van der Waals surface area contributed by atoms with Crippen LogP contribution in [-0.2, 0) is 4.79 Å². The molecule has 92 valence electrons. The Morgan fingerprint density at radius 3 is 2.75 bits per heavy atom. The lowest BCUT2D eigenvalue weighted by atomic mass is 9.92. The Bertz CT molecular complexity index is 275. The van der Waals surface area contributed by atoms with Gasteiger partial charge in [-0.25, -0.2) is 0 Å². The Balaban J connectivity index is 1.97. The summed E-state index contributed by atoms with van der Waals surface area (Å²) in [6.45, 7) is 7.04. The Hall–Kier alpha value is -0.570. The maximum absolute atomic E-state index is 12.4. The standard InChI is InChI=1S/C13H24N2O/c1-13(2)6-7-15(9-13)12(16)11-5-3-4-10(11)8-14/h10-11H,3-9,14H2,1-2H3/t10-,11-/m1/s1. The maximum Gasteiger partial charge on any atom is 0.226 e. The fourth-order valence-electron chi connectivity index (χ4n) is 3.18. The van der Waals surface area contributed by atoms with Gasteiger partial charge in [-0.1, -0.05) is 20.3 Å². The van der Waals surface area contributed by atoms with Crippen molar-refractivity contribution in [3.05, 3.63) is 0 Å². The highest BCUT2D eigenvalue weighted by atomic mass is 16.2. The predicted octanol–water partition coefficient (Wildman–Crippen LogP) is 1.62. The highest BCUT2D eigenvalue weighted by Gasteiger charge is 2.39. The largest absolute Gasteiger partial charge is 0.342 e. The van der Waals surface area contributed by atoms with Gasteiger partial charge in [0.1, 0.15) is 0 Å². The molecule has 0 aromatic carbocycles. The lowest BCUT2D eigenvalue weighted by Gasteiger charge is -2.25. The van der Waals surface area contributed by atoms with E-state index in [0.717, 1.165) is 32.4 Å². The lowest BCUT2D eigenvalue weighted by molar-refractivity contribution is -0.135. The minimum atomic E-state index is 0.221. The average Bonchev–Trinajstić information content (AvgIpc) is 2.82. The van der Waals surface area contributed by atoms with E-state index in [2.05, 4.69) is 18.7 Å². The number of carbonyl (C=O) groups is 1. The zero-order valence-electron chi connectivity index (χ0n) is 10.5. The second kappa shape index (κ2) is 4.36. The van der Waals surface area contributed by atoms with E-state index >= 15 is 0 Å². The molecule has 1 amide bonds. The van der Waals surface area contributed by atoms with Crippen LogP contribution in [0.4, 0.5) is 0 Å². The van der Waals surface area contributed by atoms with Gasteiger partial charge in [-0.15, -0.1) is 0 Å². The van der Waals surface area contributed by atoms with Crippen LogP contribution in [0.5, 0.6) is 0 Å². The molecule has 1 heterocycles. The minimum Gasteiger partial charge on any atom is -0.342 e. The molecule has 3 heteroatoms. The monoisotopic (exact) mass is 224 g/mol. The number of amides is 1. The Morgan fingerprint density at radius 1 is 1.44 bits per heavy atom. The Kier molecular flexibility index (Phi) is 3.24. The van der Waals surface area contributed by atoms with Gasteiger partial charge in [0.25, 0.3) is 0 Å². The number of hydrogen-bond acceptors (Lipinski definition) is 2. The van der Waals surface area contributed by atoms with Gasteiger partial charge in [-0.3, -0.25) is 4.79 Å². The first-order chi connectivity index (χ1) is 7.53. The first-order valence-electron chi connectivity index (χ1n) is 6.52. The van der Waals surface area contributed by atoms with Gasteiger partial charge in [-0.05, 0) is 37.1 Å². The molecule has 0 unspecified atom stereocenters. The molecule has 3 nitrogen and oxygen atoms in total. The second-order valence-corrected chi connectivity index (χ2v) is 6.21. The zero-order valence-corrected chi connectivity index (χ0v) is 10.5. The van der Waals surface area contributed by atoms with Crippen molar-refractivity contribution in [3.8, 4) is 0 Å². The molecule has 2 atom stereocenters. The number of likely N-dealkylation sites (tertiary alicyclic amines) is 1. The molecule has 0 aromatic rings. The summed E-state index contributed by atoms with van der Waals surface area (Å²) in [7, 11) is 0. The molecule has 1 aliphatic carbocycles.